The molecule has 0 aliphatic rings. The molecule has 0 aromatic heterocycles. The summed E-state index contributed by atoms with van der Waals surface area (Å²) >= 11 is 0. The number of carbonyl (C=O) groups is 2. The maximum Gasteiger partial charge on any atom is 0.251 e. The first-order valence-electron chi connectivity index (χ1n) is 12.9. The van der Waals surface area contributed by atoms with E-state index in [9.17, 15) is 18.0 Å². The van der Waals surface area contributed by atoms with Gasteiger partial charge in [-0.15, -0.1) is 0 Å². The van der Waals surface area contributed by atoms with Crippen molar-refractivity contribution >= 4 is 21.5 Å². The molecule has 0 radical (unpaired) electrons. The highest BCUT2D eigenvalue weighted by atomic mass is 32.2. The molecule has 9 nitrogen and oxygen atoms in total. The zero-order chi connectivity index (χ0) is 28.5. The van der Waals surface area contributed by atoms with E-state index in [1.807, 2.05) is 13.8 Å². The van der Waals surface area contributed by atoms with E-state index in [2.05, 4.69) is 11.9 Å². The molecule has 2 rings (SSSR count). The van der Waals surface area contributed by atoms with Crippen LogP contribution in [0.1, 0.15) is 39.6 Å². The summed E-state index contributed by atoms with van der Waals surface area (Å²) in [5.41, 5.74) is 2.69. The molecule has 2 aromatic carbocycles. The minimum absolute atomic E-state index is 0.138. The first-order chi connectivity index (χ1) is 18.7. The number of sulfone groups is 1. The van der Waals surface area contributed by atoms with E-state index in [0.717, 1.165) is 11.1 Å². The van der Waals surface area contributed by atoms with E-state index in [4.69, 9.17) is 18.9 Å². The Morgan fingerprint density at radius 1 is 0.769 bits per heavy atom. The Labute approximate surface area is 231 Å². The second kappa shape index (κ2) is 17.6. The van der Waals surface area contributed by atoms with Gasteiger partial charge in [0.25, 0.3) is 5.91 Å². The maximum absolute atomic E-state index is 12.5. The van der Waals surface area contributed by atoms with Gasteiger partial charge in [-0.3, -0.25) is 9.59 Å². The Kier molecular flexibility index (Phi) is 14.6. The van der Waals surface area contributed by atoms with Crippen LogP contribution in [0, 0.1) is 6.92 Å². The van der Waals surface area contributed by atoms with Crippen LogP contribution in [0.25, 0.3) is 0 Å². The van der Waals surface area contributed by atoms with Crippen molar-refractivity contribution in [2.24, 2.45) is 0 Å². The highest BCUT2D eigenvalue weighted by molar-refractivity contribution is 7.91. The summed E-state index contributed by atoms with van der Waals surface area (Å²) < 4.78 is 46.5. The van der Waals surface area contributed by atoms with E-state index in [1.165, 1.54) is 12.1 Å². The second-order valence-electron chi connectivity index (χ2n) is 8.99. The predicted octanol–water partition coefficient (Wildman–Crippen LogP) is 3.41. The van der Waals surface area contributed by atoms with Gasteiger partial charge in [-0.25, -0.2) is 8.42 Å². The average Bonchev–Trinajstić information content (AvgIpc) is 2.92. The summed E-state index contributed by atoms with van der Waals surface area (Å²) in [6.07, 6.45) is -0.138. The summed E-state index contributed by atoms with van der Waals surface area (Å²) in [4.78, 5) is 25.0. The number of hydrogen-bond acceptors (Lipinski definition) is 8. The average molecular weight is 562 g/mol. The Morgan fingerprint density at radius 3 is 1.85 bits per heavy atom. The third-order valence-electron chi connectivity index (χ3n) is 5.44. The molecule has 1 amide bonds. The van der Waals surface area contributed by atoms with Crippen LogP contribution in [0.15, 0.2) is 65.6 Å². The van der Waals surface area contributed by atoms with Crippen LogP contribution >= 0.6 is 0 Å². The minimum Gasteiger partial charge on any atom is -0.377 e. The zero-order valence-corrected chi connectivity index (χ0v) is 23.6. The zero-order valence-electron chi connectivity index (χ0n) is 22.8. The molecule has 2 aromatic rings. The molecule has 0 spiro atoms. The van der Waals surface area contributed by atoms with Crippen LogP contribution < -0.4 is 5.32 Å². The van der Waals surface area contributed by atoms with Crippen molar-refractivity contribution < 1.29 is 37.0 Å². The first kappa shape index (κ1) is 32.3. The summed E-state index contributed by atoms with van der Waals surface area (Å²) in [6.45, 7) is 11.5. The Morgan fingerprint density at radius 2 is 1.28 bits per heavy atom. The summed E-state index contributed by atoms with van der Waals surface area (Å²) in [7, 11) is -3.55. The standard InChI is InChI=1S/C29H39NO8S/c1-23(2)22-38-20-19-37-18-17-36-16-15-35-14-13-30-29(32)26-8-6-25(7-9-26)28(31)12-21-39(33,34)27-10-4-24(3)5-11-27/h4-11H,1,12-22H2,2-3H3,(H,30,32). The third kappa shape index (κ3) is 13.1. The van der Waals surface area contributed by atoms with Crippen molar-refractivity contribution in [2.75, 3.05) is 65.2 Å². The van der Waals surface area contributed by atoms with Crippen molar-refractivity contribution in [3.05, 3.63) is 77.4 Å². The molecule has 0 aliphatic carbocycles. The van der Waals surface area contributed by atoms with Gasteiger partial charge in [0.15, 0.2) is 15.6 Å². The number of aryl methyl sites for hydroxylation is 1. The van der Waals surface area contributed by atoms with Gasteiger partial charge in [0.2, 0.25) is 0 Å². The molecule has 1 N–H and O–H groups in total. The van der Waals surface area contributed by atoms with Crippen LogP contribution in [-0.2, 0) is 28.8 Å². The van der Waals surface area contributed by atoms with Gasteiger partial charge in [-0.05, 0) is 38.1 Å². The van der Waals surface area contributed by atoms with Crippen LogP contribution in [-0.4, -0.2) is 85.3 Å². The van der Waals surface area contributed by atoms with Crippen LogP contribution in [0.4, 0.5) is 0 Å². The van der Waals surface area contributed by atoms with Crippen LogP contribution in [0.3, 0.4) is 0 Å². The summed E-state index contributed by atoms with van der Waals surface area (Å²) in [5.74, 6) is -0.866. The van der Waals surface area contributed by atoms with E-state index in [-0.39, 0.29) is 28.8 Å². The number of Topliss-reactive ketones (excluding diaryl/α,β-unsaturated/α-hetero) is 1. The van der Waals surface area contributed by atoms with E-state index in [0.29, 0.717) is 70.5 Å². The van der Waals surface area contributed by atoms with E-state index < -0.39 is 9.84 Å². The Balaban J connectivity index is 1.56. The first-order valence-corrected chi connectivity index (χ1v) is 14.5. The summed E-state index contributed by atoms with van der Waals surface area (Å²) in [5, 5.41) is 2.75. The van der Waals surface area contributed by atoms with Crippen molar-refractivity contribution in [1.29, 1.82) is 0 Å². The highest BCUT2D eigenvalue weighted by Gasteiger charge is 2.17. The van der Waals surface area contributed by atoms with Crippen molar-refractivity contribution in [3.63, 3.8) is 0 Å². The molecule has 0 saturated heterocycles. The predicted molar refractivity (Wildman–Crippen MR) is 149 cm³/mol. The molecular formula is C29H39NO8S. The number of carbonyl (C=O) groups excluding carboxylic acids is 2. The number of benzene rings is 2. The maximum atomic E-state index is 12.5. The van der Waals surface area contributed by atoms with Crippen LogP contribution in [0.5, 0.6) is 0 Å². The van der Waals surface area contributed by atoms with E-state index >= 15 is 0 Å². The lowest BCUT2D eigenvalue weighted by molar-refractivity contribution is 0.000844. The molecule has 10 heteroatoms. The van der Waals surface area contributed by atoms with Gasteiger partial charge >= 0.3 is 0 Å². The van der Waals surface area contributed by atoms with Gasteiger partial charge in [-0.1, -0.05) is 42.0 Å². The van der Waals surface area contributed by atoms with Gasteiger partial charge in [-0.2, -0.15) is 0 Å². The van der Waals surface area contributed by atoms with Crippen LogP contribution in [0.2, 0.25) is 0 Å². The minimum atomic E-state index is -3.55. The SMILES string of the molecule is C=C(C)COCCOCCOCCOCCNC(=O)c1ccc(C(=O)CCS(=O)(=O)c2ccc(C)cc2)cc1. The molecule has 0 heterocycles. The third-order valence-corrected chi connectivity index (χ3v) is 7.18. The van der Waals surface area contributed by atoms with Crippen molar-refractivity contribution in [2.45, 2.75) is 25.2 Å². The molecule has 0 aliphatic heterocycles. The molecule has 39 heavy (non-hydrogen) atoms. The number of rotatable bonds is 20. The Hall–Kier alpha value is -2.89. The molecule has 214 valence electrons. The largest absolute Gasteiger partial charge is 0.377 e. The summed E-state index contributed by atoms with van der Waals surface area (Å²) in [6, 6.07) is 12.7. The highest BCUT2D eigenvalue weighted by Crippen LogP contribution is 2.15. The van der Waals surface area contributed by atoms with Gasteiger partial charge in [0, 0.05) is 24.1 Å². The quantitative estimate of drug-likeness (QED) is 0.149. The molecule has 0 saturated carbocycles. The van der Waals surface area contributed by atoms with Crippen molar-refractivity contribution in [1.82, 2.24) is 5.32 Å². The van der Waals surface area contributed by atoms with Gasteiger partial charge in [0.1, 0.15) is 0 Å². The topological polar surface area (TPSA) is 117 Å². The Bertz CT molecular complexity index is 1140. The number of amides is 1. The molecular weight excluding hydrogens is 522 g/mol. The van der Waals surface area contributed by atoms with Gasteiger partial charge < -0.3 is 24.3 Å². The fraction of sp³-hybridized carbons (Fsp3) is 0.448. The normalized spacial score (nSPS) is 11.3. The van der Waals surface area contributed by atoms with Gasteiger partial charge in [0.05, 0.1) is 63.5 Å². The fourth-order valence-electron chi connectivity index (χ4n) is 3.29. The number of nitrogens with one attached hydrogen (secondary N) is 1. The number of ether oxygens (including phenoxy) is 4. The molecule has 0 bridgehead atoms. The molecule has 0 atom stereocenters. The lowest BCUT2D eigenvalue weighted by atomic mass is 10.1. The van der Waals surface area contributed by atoms with Crippen molar-refractivity contribution in [3.8, 4) is 0 Å². The molecule has 0 fully saturated rings. The number of hydrogen-bond donors (Lipinski definition) is 1. The lowest BCUT2D eigenvalue weighted by Crippen LogP contribution is -2.27. The fourth-order valence-corrected chi connectivity index (χ4v) is 4.53. The number of ketones is 1. The molecule has 0 unspecified atom stereocenters. The smallest absolute Gasteiger partial charge is 0.251 e. The second-order valence-corrected chi connectivity index (χ2v) is 11.1. The monoisotopic (exact) mass is 561 g/mol. The van der Waals surface area contributed by atoms with E-state index in [1.54, 1.807) is 36.4 Å². The lowest BCUT2D eigenvalue weighted by Gasteiger charge is -2.09.